The smallest absolute Gasteiger partial charge is 0.240 e. The molecule has 1 amide bonds. The fourth-order valence-corrected chi connectivity index (χ4v) is 5.33. The first kappa shape index (κ1) is 23.1. The minimum atomic E-state index is -3.51. The van der Waals surface area contributed by atoms with Crippen LogP contribution < -0.4 is 10.0 Å². The van der Waals surface area contributed by atoms with Crippen molar-refractivity contribution >= 4 is 39.1 Å². The van der Waals surface area contributed by atoms with Gasteiger partial charge in [0.2, 0.25) is 15.9 Å². The zero-order chi connectivity index (χ0) is 21.6. The molecule has 2 aromatic carbocycles. The number of nitrogens with one attached hydrogen (secondary N) is 2. The van der Waals surface area contributed by atoms with E-state index in [1.807, 2.05) is 0 Å². The van der Waals surface area contributed by atoms with Crippen molar-refractivity contribution in [1.29, 1.82) is 0 Å². The molecule has 0 radical (unpaired) electrons. The quantitative estimate of drug-likeness (QED) is 0.580. The number of carbonyl (C=O) groups is 1. The Hall–Kier alpha value is -1.60. The van der Waals surface area contributed by atoms with Crippen LogP contribution in [0.4, 0.5) is 0 Å². The fourth-order valence-electron chi connectivity index (χ4n) is 3.55. The standard InChI is InChI=1S/C22H26Cl2N2O3S/c23-18-10-9-17(21(24)14-18)15-25-22(27)13-8-16-6-11-20(12-7-16)30(28,29)26-19-4-2-1-3-5-19/h6-7,9-12,14,19,26H,1-5,8,13,15H2,(H,25,27). The molecule has 2 aromatic rings. The first-order chi connectivity index (χ1) is 14.3. The van der Waals surface area contributed by atoms with Crippen molar-refractivity contribution in [3.05, 3.63) is 63.6 Å². The van der Waals surface area contributed by atoms with Crippen LogP contribution in [0.3, 0.4) is 0 Å². The number of hydrogen-bond donors (Lipinski definition) is 2. The average Bonchev–Trinajstić information content (AvgIpc) is 2.72. The average molecular weight is 469 g/mol. The van der Waals surface area contributed by atoms with Crippen molar-refractivity contribution in [1.82, 2.24) is 10.0 Å². The van der Waals surface area contributed by atoms with Crippen LogP contribution in [0.15, 0.2) is 47.4 Å². The highest BCUT2D eigenvalue weighted by atomic mass is 35.5. The van der Waals surface area contributed by atoms with Crippen LogP contribution in [0.1, 0.15) is 49.7 Å². The van der Waals surface area contributed by atoms with Gasteiger partial charge in [-0.3, -0.25) is 4.79 Å². The van der Waals surface area contributed by atoms with Crippen LogP contribution in [0.5, 0.6) is 0 Å². The molecule has 30 heavy (non-hydrogen) atoms. The van der Waals surface area contributed by atoms with Crippen molar-refractivity contribution in [3.63, 3.8) is 0 Å². The van der Waals surface area contributed by atoms with Gasteiger partial charge >= 0.3 is 0 Å². The van der Waals surface area contributed by atoms with Gasteiger partial charge in [-0.05, 0) is 54.7 Å². The third-order valence-electron chi connectivity index (χ3n) is 5.29. The summed E-state index contributed by atoms with van der Waals surface area (Å²) in [4.78, 5) is 12.4. The molecule has 162 valence electrons. The van der Waals surface area contributed by atoms with E-state index in [1.54, 1.807) is 42.5 Å². The van der Waals surface area contributed by atoms with E-state index >= 15 is 0 Å². The van der Waals surface area contributed by atoms with Gasteiger partial charge in [-0.25, -0.2) is 13.1 Å². The minimum Gasteiger partial charge on any atom is -0.352 e. The number of hydrogen-bond acceptors (Lipinski definition) is 3. The molecule has 1 saturated carbocycles. The molecule has 0 aliphatic heterocycles. The molecule has 3 rings (SSSR count). The first-order valence-corrected chi connectivity index (χ1v) is 12.4. The number of rotatable bonds is 8. The molecule has 2 N–H and O–H groups in total. The lowest BCUT2D eigenvalue weighted by atomic mass is 9.96. The van der Waals surface area contributed by atoms with Gasteiger partial charge in [0.1, 0.15) is 0 Å². The molecule has 0 heterocycles. The number of halogens is 2. The van der Waals surface area contributed by atoms with Gasteiger partial charge < -0.3 is 5.32 Å². The molecule has 1 aliphatic rings. The third kappa shape index (κ3) is 6.71. The second-order valence-corrected chi connectivity index (χ2v) is 10.2. The molecular formula is C22H26Cl2N2O3S. The van der Waals surface area contributed by atoms with Crippen molar-refractivity contribution < 1.29 is 13.2 Å². The summed E-state index contributed by atoms with van der Waals surface area (Å²) in [6.45, 7) is 0.332. The van der Waals surface area contributed by atoms with E-state index in [9.17, 15) is 13.2 Å². The molecule has 0 atom stereocenters. The second kappa shape index (κ2) is 10.6. The van der Waals surface area contributed by atoms with Crippen molar-refractivity contribution in [2.24, 2.45) is 0 Å². The molecule has 0 aromatic heterocycles. The van der Waals surface area contributed by atoms with Gasteiger partial charge in [-0.1, -0.05) is 60.7 Å². The van der Waals surface area contributed by atoms with Gasteiger partial charge in [0.15, 0.2) is 0 Å². The highest BCUT2D eigenvalue weighted by Crippen LogP contribution is 2.21. The van der Waals surface area contributed by atoms with E-state index in [4.69, 9.17) is 23.2 Å². The van der Waals surface area contributed by atoms with Crippen molar-refractivity contribution in [2.75, 3.05) is 0 Å². The van der Waals surface area contributed by atoms with Crippen LogP contribution in [0.2, 0.25) is 10.0 Å². The van der Waals surface area contributed by atoms with Crippen LogP contribution >= 0.6 is 23.2 Å². The minimum absolute atomic E-state index is 0.0290. The van der Waals surface area contributed by atoms with Crippen LogP contribution in [-0.2, 0) is 27.8 Å². The summed E-state index contributed by atoms with van der Waals surface area (Å²) in [5.41, 5.74) is 1.71. The van der Waals surface area contributed by atoms with Gasteiger partial charge in [0.25, 0.3) is 0 Å². The lowest BCUT2D eigenvalue weighted by Gasteiger charge is -2.22. The van der Waals surface area contributed by atoms with Gasteiger partial charge in [-0.2, -0.15) is 0 Å². The van der Waals surface area contributed by atoms with Crippen LogP contribution in [0, 0.1) is 0 Å². The Morgan fingerprint density at radius 3 is 2.37 bits per heavy atom. The maximum atomic E-state index is 12.6. The summed E-state index contributed by atoms with van der Waals surface area (Å²) in [7, 11) is -3.51. The van der Waals surface area contributed by atoms with E-state index in [0.29, 0.717) is 29.4 Å². The zero-order valence-corrected chi connectivity index (χ0v) is 19.0. The third-order valence-corrected chi connectivity index (χ3v) is 7.42. The summed E-state index contributed by atoms with van der Waals surface area (Å²) in [5.74, 6) is -0.100. The Bertz CT molecular complexity index is 972. The Labute approximate surface area is 188 Å². The Kier molecular flexibility index (Phi) is 8.17. The summed E-state index contributed by atoms with van der Waals surface area (Å²) < 4.78 is 27.9. The van der Waals surface area contributed by atoms with Crippen LogP contribution in [-0.4, -0.2) is 20.4 Å². The second-order valence-electron chi connectivity index (χ2n) is 7.61. The summed E-state index contributed by atoms with van der Waals surface area (Å²) in [5, 5.41) is 3.90. The molecule has 8 heteroatoms. The van der Waals surface area contributed by atoms with E-state index < -0.39 is 10.0 Å². The molecule has 0 saturated heterocycles. The highest BCUT2D eigenvalue weighted by Gasteiger charge is 2.21. The number of amides is 1. The maximum Gasteiger partial charge on any atom is 0.240 e. The molecule has 0 unspecified atom stereocenters. The summed E-state index contributed by atoms with van der Waals surface area (Å²) in [6, 6.07) is 11.9. The lowest BCUT2D eigenvalue weighted by molar-refractivity contribution is -0.121. The Morgan fingerprint density at radius 2 is 1.70 bits per heavy atom. The van der Waals surface area contributed by atoms with Crippen molar-refractivity contribution in [2.45, 2.75) is 62.4 Å². The highest BCUT2D eigenvalue weighted by molar-refractivity contribution is 7.89. The van der Waals surface area contributed by atoms with E-state index in [2.05, 4.69) is 10.0 Å². The number of benzene rings is 2. The topological polar surface area (TPSA) is 75.3 Å². The van der Waals surface area contributed by atoms with E-state index in [0.717, 1.165) is 36.8 Å². The molecule has 0 bridgehead atoms. The van der Waals surface area contributed by atoms with Crippen LogP contribution in [0.25, 0.3) is 0 Å². The van der Waals surface area contributed by atoms with Gasteiger partial charge in [-0.15, -0.1) is 0 Å². The lowest BCUT2D eigenvalue weighted by Crippen LogP contribution is -2.36. The number of sulfonamides is 1. The van der Waals surface area contributed by atoms with E-state index in [1.165, 1.54) is 6.42 Å². The monoisotopic (exact) mass is 468 g/mol. The zero-order valence-electron chi connectivity index (χ0n) is 16.7. The Morgan fingerprint density at radius 1 is 1.00 bits per heavy atom. The molecular weight excluding hydrogens is 443 g/mol. The summed E-state index contributed by atoms with van der Waals surface area (Å²) >= 11 is 12.0. The predicted molar refractivity (Wildman–Crippen MR) is 120 cm³/mol. The predicted octanol–water partition coefficient (Wildman–Crippen LogP) is 4.85. The molecule has 5 nitrogen and oxygen atoms in total. The van der Waals surface area contributed by atoms with Gasteiger partial charge in [0, 0.05) is 29.1 Å². The fraction of sp³-hybridized carbons (Fsp3) is 0.409. The summed E-state index contributed by atoms with van der Waals surface area (Å²) in [6.07, 6.45) is 5.93. The normalized spacial score (nSPS) is 15.1. The number of carbonyl (C=O) groups excluding carboxylic acids is 1. The van der Waals surface area contributed by atoms with E-state index in [-0.39, 0.29) is 16.8 Å². The van der Waals surface area contributed by atoms with Gasteiger partial charge in [0.05, 0.1) is 4.90 Å². The SMILES string of the molecule is O=C(CCc1ccc(S(=O)(=O)NC2CCCCC2)cc1)NCc1ccc(Cl)cc1Cl. The Balaban J connectivity index is 1.48. The maximum absolute atomic E-state index is 12.6. The molecule has 0 spiro atoms. The first-order valence-electron chi connectivity index (χ1n) is 10.2. The number of aryl methyl sites for hydroxylation is 1. The van der Waals surface area contributed by atoms with Crippen molar-refractivity contribution in [3.8, 4) is 0 Å². The molecule has 1 aliphatic carbocycles. The molecule has 1 fully saturated rings. The largest absolute Gasteiger partial charge is 0.352 e.